The molecule has 0 N–H and O–H groups in total. The van der Waals surface area contributed by atoms with Crippen LogP contribution < -0.4 is 0 Å². The number of nitrogens with zero attached hydrogens (tertiary/aromatic N) is 1. The molecule has 0 radical (unpaired) electrons. The second-order valence-corrected chi connectivity index (χ2v) is 4.90. The van der Waals surface area contributed by atoms with Gasteiger partial charge in [-0.3, -0.25) is 9.69 Å². The molecule has 0 aromatic carbocycles. The summed E-state index contributed by atoms with van der Waals surface area (Å²) in [5.41, 5.74) is 0. The van der Waals surface area contributed by atoms with Crippen molar-refractivity contribution in [2.75, 3.05) is 60.3 Å². The van der Waals surface area contributed by atoms with Crippen molar-refractivity contribution in [1.29, 1.82) is 0 Å². The molecule has 1 unspecified atom stereocenters. The van der Waals surface area contributed by atoms with Gasteiger partial charge in [-0.25, -0.2) is 0 Å². The highest BCUT2D eigenvalue weighted by Gasteiger charge is 2.17. The van der Waals surface area contributed by atoms with Crippen LogP contribution in [0, 0.1) is 0 Å². The zero-order chi connectivity index (χ0) is 14.6. The summed E-state index contributed by atoms with van der Waals surface area (Å²) in [7, 11) is 3.34. The lowest BCUT2D eigenvalue weighted by Gasteiger charge is -2.21. The van der Waals surface area contributed by atoms with Crippen LogP contribution in [0.5, 0.6) is 0 Å². The summed E-state index contributed by atoms with van der Waals surface area (Å²) in [5.74, 6) is -0.166. The van der Waals surface area contributed by atoms with Gasteiger partial charge in [0.1, 0.15) is 6.61 Å². The molecule has 6 heteroatoms. The lowest BCUT2D eigenvalue weighted by Crippen LogP contribution is -2.33. The Morgan fingerprint density at radius 2 is 1.90 bits per heavy atom. The minimum Gasteiger partial charge on any atom is -0.463 e. The third-order valence-electron chi connectivity index (χ3n) is 3.31. The second-order valence-electron chi connectivity index (χ2n) is 4.90. The van der Waals surface area contributed by atoms with Crippen molar-refractivity contribution in [3.8, 4) is 0 Å². The highest BCUT2D eigenvalue weighted by atomic mass is 16.6. The van der Waals surface area contributed by atoms with Crippen molar-refractivity contribution >= 4 is 5.97 Å². The molecule has 118 valence electrons. The number of rotatable bonds is 11. The number of carbonyl (C=O) groups excluding carboxylic acids is 1. The van der Waals surface area contributed by atoms with Gasteiger partial charge in [0.05, 0.1) is 25.7 Å². The summed E-state index contributed by atoms with van der Waals surface area (Å²) in [6.45, 7) is 4.71. The summed E-state index contributed by atoms with van der Waals surface area (Å²) < 4.78 is 20.8. The molecule has 0 amide bonds. The predicted octanol–water partition coefficient (Wildman–Crippen LogP) is 0.694. The van der Waals surface area contributed by atoms with E-state index < -0.39 is 0 Å². The van der Waals surface area contributed by atoms with Gasteiger partial charge < -0.3 is 18.9 Å². The largest absolute Gasteiger partial charge is 0.463 e. The Hall–Kier alpha value is -0.690. The molecule has 0 spiro atoms. The van der Waals surface area contributed by atoms with Gasteiger partial charge in [-0.05, 0) is 12.8 Å². The second kappa shape index (κ2) is 11.0. The Labute approximate surface area is 121 Å². The van der Waals surface area contributed by atoms with Crippen molar-refractivity contribution in [2.24, 2.45) is 0 Å². The van der Waals surface area contributed by atoms with Gasteiger partial charge in [0, 0.05) is 40.5 Å². The lowest BCUT2D eigenvalue weighted by molar-refractivity contribution is -0.147. The van der Waals surface area contributed by atoms with E-state index in [-0.39, 0.29) is 12.1 Å². The van der Waals surface area contributed by atoms with E-state index in [4.69, 9.17) is 18.9 Å². The number of hydrogen-bond donors (Lipinski definition) is 0. The summed E-state index contributed by atoms with van der Waals surface area (Å²) in [5, 5.41) is 0. The van der Waals surface area contributed by atoms with E-state index in [9.17, 15) is 4.79 Å². The first-order valence-corrected chi connectivity index (χ1v) is 7.23. The van der Waals surface area contributed by atoms with Crippen LogP contribution in [0.2, 0.25) is 0 Å². The molecule has 6 nitrogen and oxygen atoms in total. The van der Waals surface area contributed by atoms with E-state index in [0.717, 1.165) is 32.5 Å². The monoisotopic (exact) mass is 289 g/mol. The fraction of sp³-hybridized carbons (Fsp3) is 0.929. The topological polar surface area (TPSA) is 57.2 Å². The van der Waals surface area contributed by atoms with Crippen molar-refractivity contribution in [3.05, 3.63) is 0 Å². The molecule has 1 atom stereocenters. The molecular weight excluding hydrogens is 262 g/mol. The fourth-order valence-electron chi connectivity index (χ4n) is 2.06. The molecule has 1 fully saturated rings. The van der Waals surface area contributed by atoms with E-state index in [1.807, 2.05) is 0 Å². The Morgan fingerprint density at radius 3 is 2.45 bits per heavy atom. The average molecular weight is 289 g/mol. The number of methoxy groups -OCH3 is 2. The van der Waals surface area contributed by atoms with Gasteiger partial charge in [-0.1, -0.05) is 0 Å². The number of esters is 1. The minimum absolute atomic E-state index is 0.0945. The highest BCUT2D eigenvalue weighted by Crippen LogP contribution is 2.12. The zero-order valence-corrected chi connectivity index (χ0v) is 12.6. The molecule has 0 saturated carbocycles. The van der Waals surface area contributed by atoms with E-state index in [2.05, 4.69) is 4.90 Å². The SMILES string of the molecule is COCCN(CCOC)CCC(=O)OCC1CCCO1. The van der Waals surface area contributed by atoms with Gasteiger partial charge in [0.2, 0.25) is 0 Å². The Kier molecular flexibility index (Phi) is 9.57. The lowest BCUT2D eigenvalue weighted by atomic mass is 10.2. The first kappa shape index (κ1) is 17.4. The van der Waals surface area contributed by atoms with Gasteiger partial charge in [-0.15, -0.1) is 0 Å². The molecule has 0 aromatic heterocycles. The molecular formula is C14H27NO5. The molecule has 1 rings (SSSR count). The van der Waals surface area contributed by atoms with Gasteiger partial charge >= 0.3 is 5.97 Å². The van der Waals surface area contributed by atoms with Crippen molar-refractivity contribution in [2.45, 2.75) is 25.4 Å². The first-order valence-electron chi connectivity index (χ1n) is 7.23. The third-order valence-corrected chi connectivity index (χ3v) is 3.31. The van der Waals surface area contributed by atoms with Gasteiger partial charge in [-0.2, -0.15) is 0 Å². The molecule has 1 heterocycles. The summed E-state index contributed by atoms with van der Waals surface area (Å²) in [4.78, 5) is 13.8. The number of ether oxygens (including phenoxy) is 4. The zero-order valence-electron chi connectivity index (χ0n) is 12.6. The van der Waals surface area contributed by atoms with Crippen LogP contribution >= 0.6 is 0 Å². The molecule has 20 heavy (non-hydrogen) atoms. The van der Waals surface area contributed by atoms with E-state index in [0.29, 0.717) is 32.8 Å². The highest BCUT2D eigenvalue weighted by molar-refractivity contribution is 5.69. The third kappa shape index (κ3) is 7.79. The molecule has 1 saturated heterocycles. The van der Waals surface area contributed by atoms with Crippen LogP contribution in [0.1, 0.15) is 19.3 Å². The Bertz CT molecular complexity index is 248. The molecule has 1 aliphatic rings. The van der Waals surface area contributed by atoms with Crippen molar-refractivity contribution in [1.82, 2.24) is 4.90 Å². The van der Waals surface area contributed by atoms with E-state index in [1.54, 1.807) is 14.2 Å². The summed E-state index contributed by atoms with van der Waals surface area (Å²) in [6, 6.07) is 0. The summed E-state index contributed by atoms with van der Waals surface area (Å²) in [6.07, 6.45) is 2.53. The van der Waals surface area contributed by atoms with E-state index in [1.165, 1.54) is 0 Å². The maximum absolute atomic E-state index is 11.7. The normalized spacial score (nSPS) is 18.6. The van der Waals surface area contributed by atoms with Crippen molar-refractivity contribution < 1.29 is 23.7 Å². The Morgan fingerprint density at radius 1 is 1.20 bits per heavy atom. The average Bonchev–Trinajstić information content (AvgIpc) is 2.97. The van der Waals surface area contributed by atoms with Crippen molar-refractivity contribution in [3.63, 3.8) is 0 Å². The predicted molar refractivity (Wildman–Crippen MR) is 74.7 cm³/mol. The van der Waals surface area contributed by atoms with Crippen LogP contribution in [0.4, 0.5) is 0 Å². The summed E-state index contributed by atoms with van der Waals surface area (Å²) >= 11 is 0. The smallest absolute Gasteiger partial charge is 0.307 e. The van der Waals surface area contributed by atoms with Crippen LogP contribution in [-0.2, 0) is 23.7 Å². The maximum Gasteiger partial charge on any atom is 0.307 e. The molecule has 1 aliphatic heterocycles. The molecule has 0 aromatic rings. The first-order chi connectivity index (χ1) is 9.76. The van der Waals surface area contributed by atoms with Crippen LogP contribution in [0.15, 0.2) is 0 Å². The van der Waals surface area contributed by atoms with Gasteiger partial charge in [0.25, 0.3) is 0 Å². The quantitative estimate of drug-likeness (QED) is 0.522. The van der Waals surface area contributed by atoms with Crippen LogP contribution in [-0.4, -0.2) is 77.3 Å². The van der Waals surface area contributed by atoms with E-state index >= 15 is 0 Å². The molecule has 0 aliphatic carbocycles. The van der Waals surface area contributed by atoms with Crippen LogP contribution in [0.3, 0.4) is 0 Å². The van der Waals surface area contributed by atoms with Gasteiger partial charge in [0.15, 0.2) is 0 Å². The standard InChI is InChI=1S/C14H27NO5/c1-17-10-7-15(8-11-18-2)6-5-14(16)20-12-13-4-3-9-19-13/h13H,3-12H2,1-2H3. The molecule has 0 bridgehead atoms. The fourth-order valence-corrected chi connectivity index (χ4v) is 2.06. The van der Waals surface area contributed by atoms with Crippen LogP contribution in [0.25, 0.3) is 0 Å². The minimum atomic E-state index is -0.166. The maximum atomic E-state index is 11.7. The Balaban J connectivity index is 2.13. The number of hydrogen-bond acceptors (Lipinski definition) is 6. The number of carbonyl (C=O) groups is 1.